The van der Waals surface area contributed by atoms with Crippen LogP contribution >= 0.6 is 0 Å². The Morgan fingerprint density at radius 3 is 1.80 bits per heavy atom. The van der Waals surface area contributed by atoms with Crippen LogP contribution in [0.3, 0.4) is 0 Å². The average molecular weight is 961 g/mol. The summed E-state index contributed by atoms with van der Waals surface area (Å²) in [6.07, 6.45) is 16.5. The van der Waals surface area contributed by atoms with E-state index in [0.717, 1.165) is 100 Å². The van der Waals surface area contributed by atoms with Gasteiger partial charge in [0.25, 0.3) is 0 Å². The molecule has 6 saturated carbocycles. The van der Waals surface area contributed by atoms with Crippen molar-refractivity contribution in [1.29, 1.82) is 0 Å². The summed E-state index contributed by atoms with van der Waals surface area (Å²) in [5.41, 5.74) is -0.671. The molecule has 380 valence electrons. The van der Waals surface area contributed by atoms with Crippen molar-refractivity contribution in [2.75, 3.05) is 14.2 Å². The van der Waals surface area contributed by atoms with Gasteiger partial charge < -0.3 is 29.2 Å². The maximum Gasteiger partial charge on any atom is 0.317 e. The number of allylic oxidation sites excluding steroid dienone is 2. The molecule has 2 N–H and O–H groups in total. The summed E-state index contributed by atoms with van der Waals surface area (Å²) in [6.45, 7) is 26.6. The highest BCUT2D eigenvalue weighted by Gasteiger charge is 2.74. The highest BCUT2D eigenvalue weighted by molar-refractivity contribution is 6.10. The van der Waals surface area contributed by atoms with E-state index < -0.39 is 44.9 Å². The maximum atomic E-state index is 14.9. The first-order valence-corrected chi connectivity index (χ1v) is 26.8. The number of methoxy groups -OCH3 is 2. The molecule has 0 amide bonds. The summed E-state index contributed by atoms with van der Waals surface area (Å²) in [6, 6.07) is 1.96. The molecule has 6 fully saturated rings. The van der Waals surface area contributed by atoms with Crippen LogP contribution in [-0.2, 0) is 29.3 Å². The van der Waals surface area contributed by atoms with Crippen molar-refractivity contribution in [2.24, 2.45) is 66.5 Å². The topological polar surface area (TPSA) is 146 Å². The fraction of sp³-hybridized carbons (Fsp3) is 0.733. The number of ether oxygens (including phenoxy) is 4. The van der Waals surface area contributed by atoms with Gasteiger partial charge in [-0.1, -0.05) is 55.4 Å². The van der Waals surface area contributed by atoms with E-state index in [0.29, 0.717) is 28.9 Å². The predicted molar refractivity (Wildman–Crippen MR) is 265 cm³/mol. The second-order valence-electron chi connectivity index (χ2n) is 27.8. The van der Waals surface area contributed by atoms with Gasteiger partial charge in [0.1, 0.15) is 0 Å². The third-order valence-electron chi connectivity index (χ3n) is 24.7. The summed E-state index contributed by atoms with van der Waals surface area (Å²) < 4.78 is 24.7. The van der Waals surface area contributed by atoms with Crippen LogP contribution in [0.1, 0.15) is 188 Å². The molecule has 1 aliphatic heterocycles. The Labute approximate surface area is 416 Å². The molecule has 0 saturated heterocycles. The summed E-state index contributed by atoms with van der Waals surface area (Å²) in [7, 11) is 2.99. The van der Waals surface area contributed by atoms with Crippen LogP contribution in [-0.4, -0.2) is 65.4 Å². The lowest BCUT2D eigenvalue weighted by Crippen LogP contribution is -2.72. The standard InChI is InChI=1S/C60H80O10/c1-33-44-36(53(6)21-25-56(9)41-31-51(4,47(64)67-13)17-15-49(41,2)19-23-55(56,8)40(53)30-37(44)61)28-39-45(33)70-60(66)43(63)29-34-35(59(60,12)69-39)27-38(62)46-54(34,7)22-26-57(10)42-32-52(5,48(65)68-14)18-16-50(42,3)20-24-58(46,57)11/h27-30,38,41-42,46,62,66H,15-26,31-32H2,1-14H3/t38-,41-,42-,46+,49-,50-,51-,52-,53+,54+,55-,56+,57+,58-,59+,60-/m1/s1. The molecule has 10 aliphatic rings. The number of hydrogen-bond acceptors (Lipinski definition) is 10. The second-order valence-corrected chi connectivity index (χ2v) is 27.8. The summed E-state index contributed by atoms with van der Waals surface area (Å²) in [5.74, 6) is -2.73. The Morgan fingerprint density at radius 1 is 0.657 bits per heavy atom. The number of aliphatic hydroxyl groups is 2. The van der Waals surface area contributed by atoms with E-state index in [4.69, 9.17) is 18.9 Å². The Kier molecular flexibility index (Phi) is 9.76. The number of carbonyl (C=O) groups excluding carboxylic acids is 4. The summed E-state index contributed by atoms with van der Waals surface area (Å²) >= 11 is 0. The highest BCUT2D eigenvalue weighted by Crippen LogP contribution is 2.78. The van der Waals surface area contributed by atoms with Crippen molar-refractivity contribution in [2.45, 2.75) is 196 Å². The fourth-order valence-corrected chi connectivity index (χ4v) is 19.6. The van der Waals surface area contributed by atoms with Crippen LogP contribution in [0.25, 0.3) is 0 Å². The van der Waals surface area contributed by atoms with Crippen molar-refractivity contribution in [3.8, 4) is 11.5 Å². The molecule has 1 heterocycles. The van der Waals surface area contributed by atoms with Gasteiger partial charge in [0.15, 0.2) is 17.3 Å². The number of ketones is 2. The van der Waals surface area contributed by atoms with Gasteiger partial charge in [0, 0.05) is 28.0 Å². The van der Waals surface area contributed by atoms with E-state index >= 15 is 0 Å². The first kappa shape index (κ1) is 48.5. The Balaban J connectivity index is 0.972. The van der Waals surface area contributed by atoms with Gasteiger partial charge in [-0.3, -0.25) is 19.2 Å². The van der Waals surface area contributed by atoms with Gasteiger partial charge >= 0.3 is 17.7 Å². The van der Waals surface area contributed by atoms with Crippen molar-refractivity contribution in [3.63, 3.8) is 0 Å². The minimum Gasteiger partial charge on any atom is -0.471 e. The molecular weight excluding hydrogens is 881 g/mol. The van der Waals surface area contributed by atoms with E-state index in [1.165, 1.54) is 14.2 Å². The summed E-state index contributed by atoms with van der Waals surface area (Å²) in [5, 5.41) is 25.7. The monoisotopic (exact) mass is 961 g/mol. The van der Waals surface area contributed by atoms with E-state index in [-0.39, 0.29) is 73.7 Å². The third-order valence-corrected chi connectivity index (χ3v) is 24.7. The third kappa shape index (κ3) is 5.44. The van der Waals surface area contributed by atoms with Crippen LogP contribution < -0.4 is 9.47 Å². The fourth-order valence-electron chi connectivity index (χ4n) is 19.6. The lowest BCUT2D eigenvalue weighted by atomic mass is 9.32. The van der Waals surface area contributed by atoms with E-state index in [2.05, 4.69) is 69.2 Å². The van der Waals surface area contributed by atoms with Gasteiger partial charge in [-0.2, -0.15) is 0 Å². The Bertz CT molecular complexity index is 2700. The molecule has 9 aliphatic carbocycles. The zero-order valence-electron chi connectivity index (χ0n) is 44.7. The van der Waals surface area contributed by atoms with Gasteiger partial charge in [0.2, 0.25) is 11.4 Å². The smallest absolute Gasteiger partial charge is 0.317 e. The molecule has 0 unspecified atom stereocenters. The highest BCUT2D eigenvalue weighted by atomic mass is 16.7. The van der Waals surface area contributed by atoms with Gasteiger partial charge in [-0.15, -0.1) is 0 Å². The van der Waals surface area contributed by atoms with Crippen LogP contribution in [0.5, 0.6) is 11.5 Å². The SMILES string of the molecule is COC(=O)[C@]1(C)CC[C@]2(C)CC[C@]3(C)C4=CC(=O)c5c(cc6c(c5C)O[C@]5(O)C(=O)C=C7C(=C[C@@H](O)[C@H]8[C@@]7(C)CC[C@@]7(C)[C@@H]9C[C@](C)(C(=O)OC)CC[C@]9(C)CC[C@]87C)[C@]5(C)O6)[C@]4(C)CC[C@@]3(C)[C@@H]2C1. The first-order valence-electron chi connectivity index (χ1n) is 26.8. The molecule has 0 bridgehead atoms. The molecule has 1 aromatic carbocycles. The van der Waals surface area contributed by atoms with Crippen LogP contribution in [0.4, 0.5) is 0 Å². The molecule has 0 aromatic heterocycles. The normalized spacial score (nSPS) is 50.5. The Morgan fingerprint density at radius 2 is 1.20 bits per heavy atom. The number of aliphatic hydroxyl groups excluding tert-OH is 1. The van der Waals surface area contributed by atoms with Crippen LogP contribution in [0.15, 0.2) is 41.0 Å². The largest absolute Gasteiger partial charge is 0.471 e. The first-order chi connectivity index (χ1) is 32.4. The van der Waals surface area contributed by atoms with Crippen molar-refractivity contribution < 1.29 is 48.3 Å². The molecule has 16 atom stereocenters. The molecule has 0 radical (unpaired) electrons. The van der Waals surface area contributed by atoms with Crippen molar-refractivity contribution in [1.82, 2.24) is 0 Å². The second kappa shape index (κ2) is 14.1. The van der Waals surface area contributed by atoms with Crippen LogP contribution in [0.2, 0.25) is 0 Å². The summed E-state index contributed by atoms with van der Waals surface area (Å²) in [4.78, 5) is 56.4. The average Bonchev–Trinajstić information content (AvgIpc) is 3.30. The number of hydrogen-bond donors (Lipinski definition) is 2. The molecule has 10 nitrogen and oxygen atoms in total. The lowest BCUT2D eigenvalue weighted by molar-refractivity contribution is -0.242. The minimum absolute atomic E-state index is 0.0481. The van der Waals surface area contributed by atoms with Gasteiger partial charge in [-0.05, 0) is 208 Å². The number of fused-ring (bicyclic) bond motifs is 17. The van der Waals surface area contributed by atoms with Crippen molar-refractivity contribution in [3.05, 3.63) is 57.7 Å². The molecule has 11 rings (SSSR count). The molecule has 10 heteroatoms. The van der Waals surface area contributed by atoms with E-state index in [9.17, 15) is 29.4 Å². The maximum absolute atomic E-state index is 14.9. The zero-order chi connectivity index (χ0) is 50.8. The number of rotatable bonds is 2. The zero-order valence-corrected chi connectivity index (χ0v) is 44.7. The number of carbonyl (C=O) groups is 4. The number of esters is 2. The lowest BCUT2D eigenvalue weighted by Gasteiger charge is -2.72. The van der Waals surface area contributed by atoms with Gasteiger partial charge in [-0.25, -0.2) is 0 Å². The van der Waals surface area contributed by atoms with Crippen LogP contribution in [0, 0.1) is 73.4 Å². The van der Waals surface area contributed by atoms with E-state index in [1.807, 2.05) is 25.1 Å². The van der Waals surface area contributed by atoms with Crippen molar-refractivity contribution >= 4 is 23.5 Å². The Hall–Kier alpha value is -3.76. The predicted octanol–water partition coefficient (Wildman–Crippen LogP) is 11.2. The minimum atomic E-state index is -2.48. The molecular formula is C60H80O10. The number of benzene rings is 1. The van der Waals surface area contributed by atoms with E-state index in [1.54, 1.807) is 13.0 Å². The molecule has 0 spiro atoms. The quantitative estimate of drug-likeness (QED) is 0.275. The molecule has 70 heavy (non-hydrogen) atoms. The molecule has 1 aromatic rings. The van der Waals surface area contributed by atoms with Gasteiger partial charge in [0.05, 0.1) is 31.2 Å².